The minimum atomic E-state index is 0.535. The Bertz CT molecular complexity index is 568. The van der Waals surface area contributed by atoms with Crippen LogP contribution in [-0.2, 0) is 0 Å². The van der Waals surface area contributed by atoms with Crippen molar-refractivity contribution in [3.05, 3.63) is 29.6 Å². The van der Waals surface area contributed by atoms with E-state index < -0.39 is 0 Å². The Labute approximate surface area is 112 Å². The largest absolute Gasteiger partial charge is 0.325 e. The summed E-state index contributed by atoms with van der Waals surface area (Å²) >= 11 is 6.03. The third-order valence-electron chi connectivity index (χ3n) is 3.80. The second kappa shape index (κ2) is 4.56. The second-order valence-electron chi connectivity index (χ2n) is 5.16. The standard InChI is InChI=1S/C14H18ClN3/c1-10-3-4-14-13(9-10)16-11(2)18(14)12-5-7-17(15)8-6-12/h3-4,9,12H,5-8H2,1-2H3. The first kappa shape index (κ1) is 12.0. The molecule has 2 heterocycles. The lowest BCUT2D eigenvalue weighted by Gasteiger charge is -2.29. The van der Waals surface area contributed by atoms with E-state index in [4.69, 9.17) is 11.8 Å². The molecule has 96 valence electrons. The SMILES string of the molecule is Cc1ccc2c(c1)nc(C)n2C1CCN(Cl)CC1. The van der Waals surface area contributed by atoms with Crippen LogP contribution in [0.4, 0.5) is 0 Å². The van der Waals surface area contributed by atoms with E-state index in [0.29, 0.717) is 6.04 Å². The fourth-order valence-corrected chi connectivity index (χ4v) is 3.08. The number of imidazole rings is 1. The van der Waals surface area contributed by atoms with Crippen LogP contribution in [0.2, 0.25) is 0 Å². The predicted octanol–water partition coefficient (Wildman–Crippen LogP) is 3.44. The molecule has 4 heteroatoms. The van der Waals surface area contributed by atoms with E-state index in [2.05, 4.69) is 41.6 Å². The van der Waals surface area contributed by atoms with Gasteiger partial charge in [0.1, 0.15) is 5.82 Å². The first-order valence-corrected chi connectivity index (χ1v) is 6.85. The first-order chi connectivity index (χ1) is 8.65. The predicted molar refractivity (Wildman–Crippen MR) is 74.9 cm³/mol. The van der Waals surface area contributed by atoms with E-state index in [-0.39, 0.29) is 0 Å². The van der Waals surface area contributed by atoms with Crippen molar-refractivity contribution in [2.24, 2.45) is 0 Å². The summed E-state index contributed by atoms with van der Waals surface area (Å²) < 4.78 is 4.27. The average molecular weight is 264 g/mol. The number of aryl methyl sites for hydroxylation is 2. The highest BCUT2D eigenvalue weighted by atomic mass is 35.5. The van der Waals surface area contributed by atoms with Gasteiger partial charge in [-0.2, -0.15) is 0 Å². The van der Waals surface area contributed by atoms with Gasteiger partial charge in [0.25, 0.3) is 0 Å². The Hall–Kier alpha value is -1.06. The lowest BCUT2D eigenvalue weighted by molar-refractivity contribution is 0.284. The highest BCUT2D eigenvalue weighted by Gasteiger charge is 2.22. The van der Waals surface area contributed by atoms with Crippen LogP contribution in [0.5, 0.6) is 0 Å². The molecule has 18 heavy (non-hydrogen) atoms. The lowest BCUT2D eigenvalue weighted by Crippen LogP contribution is -2.28. The molecule has 0 amide bonds. The van der Waals surface area contributed by atoms with Gasteiger partial charge in [-0.05, 0) is 56.2 Å². The highest BCUT2D eigenvalue weighted by molar-refractivity contribution is 6.13. The maximum Gasteiger partial charge on any atom is 0.106 e. The van der Waals surface area contributed by atoms with Crippen molar-refractivity contribution in [3.63, 3.8) is 0 Å². The van der Waals surface area contributed by atoms with E-state index in [1.165, 1.54) is 11.1 Å². The normalized spacial score (nSPS) is 18.6. The third-order valence-corrected chi connectivity index (χ3v) is 4.13. The molecule has 1 fully saturated rings. The molecule has 1 aromatic heterocycles. The number of nitrogens with zero attached hydrogens (tertiary/aromatic N) is 3. The van der Waals surface area contributed by atoms with Crippen molar-refractivity contribution in [1.82, 2.24) is 14.0 Å². The van der Waals surface area contributed by atoms with Crippen LogP contribution in [0.25, 0.3) is 11.0 Å². The van der Waals surface area contributed by atoms with Gasteiger partial charge in [0, 0.05) is 19.1 Å². The van der Waals surface area contributed by atoms with Crippen molar-refractivity contribution in [2.75, 3.05) is 13.1 Å². The number of aromatic nitrogens is 2. The van der Waals surface area contributed by atoms with Gasteiger partial charge < -0.3 is 4.57 Å². The summed E-state index contributed by atoms with van der Waals surface area (Å²) in [7, 11) is 0. The lowest BCUT2D eigenvalue weighted by atomic mass is 10.1. The van der Waals surface area contributed by atoms with Gasteiger partial charge in [-0.15, -0.1) is 0 Å². The smallest absolute Gasteiger partial charge is 0.106 e. The molecule has 1 aromatic carbocycles. The number of hydrogen-bond donors (Lipinski definition) is 0. The zero-order chi connectivity index (χ0) is 12.7. The second-order valence-corrected chi connectivity index (χ2v) is 5.64. The number of halogens is 1. The number of fused-ring (bicyclic) bond motifs is 1. The fraction of sp³-hybridized carbons (Fsp3) is 0.500. The Balaban J connectivity index is 2.03. The highest BCUT2D eigenvalue weighted by Crippen LogP contribution is 2.29. The first-order valence-electron chi connectivity index (χ1n) is 6.51. The van der Waals surface area contributed by atoms with E-state index in [1.807, 2.05) is 4.42 Å². The molecular weight excluding hydrogens is 246 g/mol. The van der Waals surface area contributed by atoms with Gasteiger partial charge in [0.05, 0.1) is 11.0 Å². The Kier molecular flexibility index (Phi) is 3.04. The Morgan fingerprint density at radius 2 is 1.94 bits per heavy atom. The average Bonchev–Trinajstić information content (AvgIpc) is 2.65. The molecule has 1 aliphatic rings. The van der Waals surface area contributed by atoms with Gasteiger partial charge in [0.15, 0.2) is 0 Å². The van der Waals surface area contributed by atoms with Gasteiger partial charge in [-0.3, -0.25) is 0 Å². The maximum atomic E-state index is 6.03. The van der Waals surface area contributed by atoms with Gasteiger partial charge >= 0.3 is 0 Å². The van der Waals surface area contributed by atoms with Crippen LogP contribution in [-0.4, -0.2) is 27.1 Å². The number of piperidine rings is 1. The number of hydrogen-bond acceptors (Lipinski definition) is 2. The molecule has 3 rings (SSSR count). The zero-order valence-corrected chi connectivity index (χ0v) is 11.6. The van der Waals surface area contributed by atoms with Crippen LogP contribution in [0.1, 0.15) is 30.3 Å². The van der Waals surface area contributed by atoms with Crippen LogP contribution >= 0.6 is 11.8 Å². The molecule has 0 atom stereocenters. The van der Waals surface area contributed by atoms with Gasteiger partial charge in [-0.25, -0.2) is 9.40 Å². The van der Waals surface area contributed by atoms with Crippen molar-refractivity contribution >= 4 is 22.8 Å². The molecule has 0 spiro atoms. The van der Waals surface area contributed by atoms with Crippen LogP contribution in [0, 0.1) is 13.8 Å². The molecule has 1 aliphatic heterocycles. The summed E-state index contributed by atoms with van der Waals surface area (Å²) in [6.45, 7) is 6.12. The van der Waals surface area contributed by atoms with E-state index in [9.17, 15) is 0 Å². The third kappa shape index (κ3) is 2.02. The minimum absolute atomic E-state index is 0.535. The quantitative estimate of drug-likeness (QED) is 0.735. The van der Waals surface area contributed by atoms with Gasteiger partial charge in [0.2, 0.25) is 0 Å². The monoisotopic (exact) mass is 263 g/mol. The molecule has 0 bridgehead atoms. The van der Waals surface area contributed by atoms with Gasteiger partial charge in [-0.1, -0.05) is 6.07 Å². The molecule has 0 unspecified atom stereocenters. The van der Waals surface area contributed by atoms with Crippen molar-refractivity contribution in [3.8, 4) is 0 Å². The molecule has 0 radical (unpaired) electrons. The van der Waals surface area contributed by atoms with Crippen LogP contribution in [0.3, 0.4) is 0 Å². The molecule has 3 nitrogen and oxygen atoms in total. The molecular formula is C14H18ClN3. The Morgan fingerprint density at radius 1 is 1.22 bits per heavy atom. The molecule has 0 aliphatic carbocycles. The zero-order valence-electron chi connectivity index (χ0n) is 10.9. The van der Waals surface area contributed by atoms with E-state index in [1.54, 1.807) is 0 Å². The molecule has 2 aromatic rings. The minimum Gasteiger partial charge on any atom is -0.325 e. The molecule has 1 saturated heterocycles. The maximum absolute atomic E-state index is 6.03. The number of rotatable bonds is 1. The summed E-state index contributed by atoms with van der Waals surface area (Å²) in [6.07, 6.45) is 2.20. The summed E-state index contributed by atoms with van der Waals surface area (Å²) in [5, 5.41) is 0. The van der Waals surface area contributed by atoms with E-state index >= 15 is 0 Å². The van der Waals surface area contributed by atoms with Crippen molar-refractivity contribution in [2.45, 2.75) is 32.7 Å². The van der Waals surface area contributed by atoms with Crippen LogP contribution < -0.4 is 0 Å². The van der Waals surface area contributed by atoms with E-state index in [0.717, 1.165) is 37.3 Å². The number of benzene rings is 1. The Morgan fingerprint density at radius 3 is 2.67 bits per heavy atom. The van der Waals surface area contributed by atoms with Crippen molar-refractivity contribution in [1.29, 1.82) is 0 Å². The molecule has 0 saturated carbocycles. The molecule has 0 N–H and O–H groups in total. The summed E-state index contributed by atoms with van der Waals surface area (Å²) in [5.41, 5.74) is 3.63. The summed E-state index contributed by atoms with van der Waals surface area (Å²) in [5.74, 6) is 1.11. The van der Waals surface area contributed by atoms with Crippen molar-refractivity contribution < 1.29 is 0 Å². The fourth-order valence-electron chi connectivity index (χ4n) is 2.88. The summed E-state index contributed by atoms with van der Waals surface area (Å²) in [4.78, 5) is 4.68. The summed E-state index contributed by atoms with van der Waals surface area (Å²) in [6, 6.07) is 7.05. The topological polar surface area (TPSA) is 21.1 Å². The van der Waals surface area contributed by atoms with Crippen LogP contribution in [0.15, 0.2) is 18.2 Å².